The first-order valence-corrected chi connectivity index (χ1v) is 7.01. The normalized spacial score (nSPS) is 41.8. The minimum Gasteiger partial charge on any atom is -0.481 e. The second kappa shape index (κ2) is 5.04. The molecule has 6 atom stereocenters. The smallest absolute Gasteiger partial charge is 0.306 e. The van der Waals surface area contributed by atoms with E-state index in [4.69, 9.17) is 0 Å². The molecule has 0 aromatic heterocycles. The summed E-state index contributed by atoms with van der Waals surface area (Å²) < 4.78 is 0. The molecule has 2 rings (SSSR count). The Balaban J connectivity index is 2.26. The predicted octanol–water partition coefficient (Wildman–Crippen LogP) is 2.70. The first-order chi connectivity index (χ1) is 8.41. The van der Waals surface area contributed by atoms with E-state index in [9.17, 15) is 15.0 Å². The van der Waals surface area contributed by atoms with Gasteiger partial charge in [0.1, 0.15) is 0 Å². The van der Waals surface area contributed by atoms with Gasteiger partial charge >= 0.3 is 5.97 Å². The van der Waals surface area contributed by atoms with Crippen LogP contribution in [-0.2, 0) is 4.79 Å². The summed E-state index contributed by atoms with van der Waals surface area (Å²) in [6.07, 6.45) is 4.71. The van der Waals surface area contributed by atoms with Crippen LogP contribution < -0.4 is 0 Å². The van der Waals surface area contributed by atoms with Gasteiger partial charge in [-0.3, -0.25) is 4.79 Å². The largest absolute Gasteiger partial charge is 0.481 e. The van der Waals surface area contributed by atoms with Gasteiger partial charge in [-0.25, -0.2) is 0 Å². The number of allylic oxidation sites excluding steroid dienone is 1. The van der Waals surface area contributed by atoms with Crippen molar-refractivity contribution in [2.75, 3.05) is 0 Å². The molecule has 0 heterocycles. The fraction of sp³-hybridized carbons (Fsp3) is 0.800. The van der Waals surface area contributed by atoms with Gasteiger partial charge in [-0.1, -0.05) is 26.3 Å². The van der Waals surface area contributed by atoms with Gasteiger partial charge in [-0.05, 0) is 49.0 Å². The topological polar surface area (TPSA) is 57.5 Å². The quantitative estimate of drug-likeness (QED) is 0.743. The number of carboxylic acid groups (broad SMARTS) is 1. The number of carboxylic acids is 1. The van der Waals surface area contributed by atoms with Crippen LogP contribution in [0, 0.1) is 29.6 Å². The Hall–Kier alpha value is -0.830. The molecule has 0 saturated heterocycles. The molecule has 1 fully saturated rings. The van der Waals surface area contributed by atoms with Crippen molar-refractivity contribution in [2.24, 2.45) is 29.6 Å². The van der Waals surface area contributed by atoms with Gasteiger partial charge in [-0.2, -0.15) is 0 Å². The zero-order chi connectivity index (χ0) is 13.4. The second-order valence-corrected chi connectivity index (χ2v) is 6.25. The molecule has 0 amide bonds. The first-order valence-electron chi connectivity index (χ1n) is 7.01. The molecule has 0 radical (unpaired) electrons. The zero-order valence-electron chi connectivity index (χ0n) is 11.5. The third kappa shape index (κ3) is 2.33. The Morgan fingerprint density at radius 1 is 1.44 bits per heavy atom. The van der Waals surface area contributed by atoms with Crippen LogP contribution in [0.5, 0.6) is 0 Å². The minimum atomic E-state index is -0.689. The molecule has 0 aromatic rings. The molecule has 2 aliphatic carbocycles. The molecule has 1 unspecified atom stereocenters. The van der Waals surface area contributed by atoms with Crippen molar-refractivity contribution in [2.45, 2.75) is 46.1 Å². The lowest BCUT2D eigenvalue weighted by Gasteiger charge is -2.46. The van der Waals surface area contributed by atoms with Crippen molar-refractivity contribution in [3.63, 3.8) is 0 Å². The maximum atomic E-state index is 11.2. The highest BCUT2D eigenvalue weighted by Crippen LogP contribution is 2.47. The van der Waals surface area contributed by atoms with E-state index in [1.54, 1.807) is 0 Å². The van der Waals surface area contributed by atoms with E-state index in [1.165, 1.54) is 0 Å². The number of aliphatic carboxylic acids is 1. The third-order valence-corrected chi connectivity index (χ3v) is 5.18. The van der Waals surface area contributed by atoms with Gasteiger partial charge in [-0.15, -0.1) is 0 Å². The van der Waals surface area contributed by atoms with Gasteiger partial charge in [0.05, 0.1) is 12.0 Å². The van der Waals surface area contributed by atoms with E-state index in [1.807, 2.05) is 13.8 Å². The number of hydrogen-bond donors (Lipinski definition) is 2. The SMILES string of the molecule is CC1=C[C@H]2[C@@H](C[C@H]1O)[C@H](C)CC[C@H]2C(C)C(=O)O. The Morgan fingerprint density at radius 2 is 2.11 bits per heavy atom. The monoisotopic (exact) mass is 252 g/mol. The fourth-order valence-electron chi connectivity index (χ4n) is 3.82. The predicted molar refractivity (Wildman–Crippen MR) is 70.0 cm³/mol. The Labute approximate surface area is 109 Å². The summed E-state index contributed by atoms with van der Waals surface area (Å²) in [4.78, 5) is 11.2. The second-order valence-electron chi connectivity index (χ2n) is 6.25. The average molecular weight is 252 g/mol. The molecule has 3 heteroatoms. The molecular formula is C15H24O3. The summed E-state index contributed by atoms with van der Waals surface area (Å²) in [6.45, 7) is 6.03. The van der Waals surface area contributed by atoms with E-state index in [2.05, 4.69) is 13.0 Å². The molecule has 0 aliphatic heterocycles. The number of carbonyl (C=O) groups is 1. The van der Waals surface area contributed by atoms with Gasteiger partial charge in [0, 0.05) is 0 Å². The molecule has 2 aliphatic rings. The third-order valence-electron chi connectivity index (χ3n) is 5.18. The van der Waals surface area contributed by atoms with Crippen LogP contribution in [0.25, 0.3) is 0 Å². The number of aliphatic hydroxyl groups excluding tert-OH is 1. The Morgan fingerprint density at radius 3 is 2.72 bits per heavy atom. The van der Waals surface area contributed by atoms with Crippen LogP contribution in [0.4, 0.5) is 0 Å². The fourth-order valence-corrected chi connectivity index (χ4v) is 3.82. The lowest BCUT2D eigenvalue weighted by Crippen LogP contribution is -2.42. The highest BCUT2D eigenvalue weighted by Gasteiger charge is 2.43. The van der Waals surface area contributed by atoms with Gasteiger partial charge in [0.15, 0.2) is 0 Å². The summed E-state index contributed by atoms with van der Waals surface area (Å²) in [6, 6.07) is 0. The van der Waals surface area contributed by atoms with Crippen molar-refractivity contribution >= 4 is 5.97 Å². The molecule has 1 saturated carbocycles. The van der Waals surface area contributed by atoms with E-state index < -0.39 is 5.97 Å². The summed E-state index contributed by atoms with van der Waals surface area (Å²) in [5.74, 6) is 0.625. The lowest BCUT2D eigenvalue weighted by atomic mass is 9.59. The molecule has 2 N–H and O–H groups in total. The zero-order valence-corrected chi connectivity index (χ0v) is 11.5. The molecule has 0 bridgehead atoms. The van der Waals surface area contributed by atoms with E-state index in [-0.39, 0.29) is 17.9 Å². The van der Waals surface area contributed by atoms with Crippen LogP contribution in [0.3, 0.4) is 0 Å². The van der Waals surface area contributed by atoms with Crippen molar-refractivity contribution in [1.82, 2.24) is 0 Å². The van der Waals surface area contributed by atoms with Crippen LogP contribution in [0.15, 0.2) is 11.6 Å². The molecule has 18 heavy (non-hydrogen) atoms. The summed E-state index contributed by atoms with van der Waals surface area (Å²) in [5.41, 5.74) is 1.02. The van der Waals surface area contributed by atoms with Crippen molar-refractivity contribution < 1.29 is 15.0 Å². The number of fused-ring (bicyclic) bond motifs is 1. The Bertz CT molecular complexity index is 361. The molecular weight excluding hydrogens is 228 g/mol. The molecule has 0 aromatic carbocycles. The van der Waals surface area contributed by atoms with Crippen LogP contribution >= 0.6 is 0 Å². The molecule has 3 nitrogen and oxygen atoms in total. The lowest BCUT2D eigenvalue weighted by molar-refractivity contribution is -0.144. The highest BCUT2D eigenvalue weighted by atomic mass is 16.4. The average Bonchev–Trinajstić information content (AvgIpc) is 2.31. The number of hydrogen-bond acceptors (Lipinski definition) is 2. The van der Waals surface area contributed by atoms with Crippen molar-refractivity contribution in [3.8, 4) is 0 Å². The molecule has 102 valence electrons. The minimum absolute atomic E-state index is 0.228. The van der Waals surface area contributed by atoms with Crippen LogP contribution in [-0.4, -0.2) is 22.3 Å². The number of rotatable bonds is 2. The van der Waals surface area contributed by atoms with Gasteiger partial charge in [0.2, 0.25) is 0 Å². The highest BCUT2D eigenvalue weighted by molar-refractivity contribution is 5.70. The standard InChI is InChI=1S/C15H24O3/c1-8-4-5-11(10(3)15(17)18)13-6-9(2)14(16)7-12(8)13/h6,8,10-14,16H,4-5,7H2,1-3H3,(H,17,18)/t8-,10?,11+,12+,13-,14-/m1/s1. The summed E-state index contributed by atoms with van der Waals surface area (Å²) in [5, 5.41) is 19.2. The summed E-state index contributed by atoms with van der Waals surface area (Å²) >= 11 is 0. The summed E-state index contributed by atoms with van der Waals surface area (Å²) in [7, 11) is 0. The van der Waals surface area contributed by atoms with E-state index in [0.29, 0.717) is 17.8 Å². The van der Waals surface area contributed by atoms with Gasteiger partial charge in [0.25, 0.3) is 0 Å². The maximum Gasteiger partial charge on any atom is 0.306 e. The maximum absolute atomic E-state index is 11.2. The van der Waals surface area contributed by atoms with E-state index in [0.717, 1.165) is 24.8 Å². The van der Waals surface area contributed by atoms with Crippen molar-refractivity contribution in [3.05, 3.63) is 11.6 Å². The van der Waals surface area contributed by atoms with E-state index >= 15 is 0 Å². The molecule has 0 spiro atoms. The van der Waals surface area contributed by atoms with Crippen LogP contribution in [0.1, 0.15) is 40.0 Å². The van der Waals surface area contributed by atoms with Crippen LogP contribution in [0.2, 0.25) is 0 Å². The first kappa shape index (κ1) is 13.6. The Kier molecular flexibility index (Phi) is 3.81. The number of aliphatic hydroxyl groups is 1. The van der Waals surface area contributed by atoms with Crippen molar-refractivity contribution in [1.29, 1.82) is 0 Å². The van der Waals surface area contributed by atoms with Gasteiger partial charge < -0.3 is 10.2 Å².